The highest BCUT2D eigenvalue weighted by Gasteiger charge is 2.08. The summed E-state index contributed by atoms with van der Waals surface area (Å²) in [5.74, 6) is 4.99. The lowest BCUT2D eigenvalue weighted by Gasteiger charge is -2.02. The van der Waals surface area contributed by atoms with Gasteiger partial charge in [0.25, 0.3) is 5.91 Å². The number of hydrogen-bond donors (Lipinski definition) is 3. The van der Waals surface area contributed by atoms with Gasteiger partial charge in [0.05, 0.1) is 10.6 Å². The summed E-state index contributed by atoms with van der Waals surface area (Å²) in [5.41, 5.74) is 7.63. The molecule has 7 heteroatoms. The second kappa shape index (κ2) is 6.05. The summed E-state index contributed by atoms with van der Waals surface area (Å²) in [6, 6.07) is 8.28. The fourth-order valence-electron chi connectivity index (χ4n) is 1.40. The number of halogens is 1. The Morgan fingerprint density at radius 2 is 2.16 bits per heavy atom. The second-order valence-corrected chi connectivity index (χ2v) is 5.93. The van der Waals surface area contributed by atoms with Gasteiger partial charge in [-0.05, 0) is 30.3 Å². The number of carbonyl (C=O) groups is 1. The Kier molecular flexibility index (Phi) is 4.41. The molecule has 100 valence electrons. The van der Waals surface area contributed by atoms with Crippen molar-refractivity contribution in [3.63, 3.8) is 0 Å². The summed E-state index contributed by atoms with van der Waals surface area (Å²) in [4.78, 5) is 13.7. The van der Waals surface area contributed by atoms with Gasteiger partial charge in [-0.2, -0.15) is 0 Å². The van der Waals surface area contributed by atoms with E-state index in [-0.39, 0.29) is 11.6 Å². The highest BCUT2D eigenvalue weighted by atomic mass is 32.2. The number of carbonyl (C=O) groups excluding carboxylic acids is 1. The molecule has 0 saturated carbocycles. The summed E-state index contributed by atoms with van der Waals surface area (Å²) in [6.07, 6.45) is 0. The maximum atomic E-state index is 13.3. The predicted octanol–water partition coefficient (Wildman–Crippen LogP) is 2.37. The van der Waals surface area contributed by atoms with Crippen LogP contribution in [-0.4, -0.2) is 5.91 Å². The maximum Gasteiger partial charge on any atom is 0.275 e. The molecular formula is C12H12FN3OS2. The lowest BCUT2D eigenvalue weighted by atomic mass is 10.3. The lowest BCUT2D eigenvalue weighted by molar-refractivity contribution is 0.0957. The molecule has 1 heterocycles. The Morgan fingerprint density at radius 3 is 2.84 bits per heavy atom. The van der Waals surface area contributed by atoms with E-state index in [2.05, 4.69) is 5.43 Å². The van der Waals surface area contributed by atoms with Gasteiger partial charge in [0, 0.05) is 15.5 Å². The van der Waals surface area contributed by atoms with E-state index in [0.717, 1.165) is 9.77 Å². The van der Waals surface area contributed by atoms with Gasteiger partial charge in [0.15, 0.2) is 0 Å². The van der Waals surface area contributed by atoms with E-state index in [0.29, 0.717) is 10.6 Å². The van der Waals surface area contributed by atoms with E-state index in [4.69, 9.17) is 11.6 Å². The third kappa shape index (κ3) is 3.46. The van der Waals surface area contributed by atoms with Crippen LogP contribution in [0.3, 0.4) is 0 Å². The van der Waals surface area contributed by atoms with Crippen molar-refractivity contribution in [2.24, 2.45) is 5.84 Å². The average Bonchev–Trinajstić information content (AvgIpc) is 2.88. The van der Waals surface area contributed by atoms with Crippen LogP contribution < -0.4 is 17.0 Å². The largest absolute Gasteiger partial charge is 0.396 e. The zero-order valence-electron chi connectivity index (χ0n) is 9.85. The van der Waals surface area contributed by atoms with Gasteiger partial charge in [-0.25, -0.2) is 10.2 Å². The fraction of sp³-hybridized carbons (Fsp3) is 0.0833. The maximum absolute atomic E-state index is 13.3. The minimum absolute atomic E-state index is 0.141. The summed E-state index contributed by atoms with van der Waals surface area (Å²) < 4.78 is 13.3. The number of thioether (sulfide) groups is 1. The highest BCUT2D eigenvalue weighted by molar-refractivity contribution is 7.98. The molecule has 0 radical (unpaired) electrons. The molecule has 1 aromatic carbocycles. The first kappa shape index (κ1) is 13.9. The van der Waals surface area contributed by atoms with Crippen LogP contribution in [0.5, 0.6) is 0 Å². The SMILES string of the molecule is NNC(=O)c1ccc(CSc2ccc(N)c(F)c2)s1. The van der Waals surface area contributed by atoms with Crippen molar-refractivity contribution >= 4 is 34.7 Å². The van der Waals surface area contributed by atoms with Gasteiger partial charge in [0.2, 0.25) is 0 Å². The fourth-order valence-corrected chi connectivity index (χ4v) is 3.28. The number of benzene rings is 1. The Labute approximate surface area is 118 Å². The molecule has 0 aliphatic carbocycles. The minimum atomic E-state index is -0.417. The Morgan fingerprint density at radius 1 is 1.37 bits per heavy atom. The lowest BCUT2D eigenvalue weighted by Crippen LogP contribution is -2.29. The van der Waals surface area contributed by atoms with Crippen LogP contribution in [0.25, 0.3) is 0 Å². The third-order valence-electron chi connectivity index (χ3n) is 2.37. The Balaban J connectivity index is 2.00. The average molecular weight is 297 g/mol. The first-order valence-corrected chi connectivity index (χ1v) is 7.18. The number of rotatable bonds is 4. The van der Waals surface area contributed by atoms with Crippen LogP contribution in [-0.2, 0) is 5.75 Å². The molecule has 1 aromatic heterocycles. The quantitative estimate of drug-likeness (QED) is 0.266. The van der Waals surface area contributed by atoms with Gasteiger partial charge in [-0.3, -0.25) is 10.2 Å². The topological polar surface area (TPSA) is 81.1 Å². The number of amides is 1. The Hall–Kier alpha value is -1.57. The summed E-state index contributed by atoms with van der Waals surface area (Å²) in [6.45, 7) is 0. The number of nitrogens with two attached hydrogens (primary N) is 2. The van der Waals surface area contributed by atoms with E-state index in [1.54, 1.807) is 18.2 Å². The van der Waals surface area contributed by atoms with Crippen molar-refractivity contribution < 1.29 is 9.18 Å². The standard InChI is InChI=1S/C12H12FN3OS2/c13-9-5-7(1-3-10(9)14)18-6-8-2-4-11(19-8)12(17)16-15/h1-5H,6,14-15H2,(H,16,17). The summed E-state index contributed by atoms with van der Waals surface area (Å²) >= 11 is 2.84. The van der Waals surface area contributed by atoms with Crippen molar-refractivity contribution in [1.29, 1.82) is 0 Å². The molecule has 0 atom stereocenters. The summed E-state index contributed by atoms with van der Waals surface area (Å²) in [5, 5.41) is 0. The third-order valence-corrected chi connectivity index (χ3v) is 4.68. The first-order chi connectivity index (χ1) is 9.10. The van der Waals surface area contributed by atoms with E-state index >= 15 is 0 Å². The Bertz CT molecular complexity index is 600. The highest BCUT2D eigenvalue weighted by Crippen LogP contribution is 2.28. The molecule has 0 bridgehead atoms. The molecule has 0 unspecified atom stereocenters. The second-order valence-electron chi connectivity index (χ2n) is 3.71. The van der Waals surface area contributed by atoms with Crippen LogP contribution in [0, 0.1) is 5.82 Å². The summed E-state index contributed by atoms with van der Waals surface area (Å²) in [7, 11) is 0. The number of nitrogens with one attached hydrogen (secondary N) is 1. The molecule has 2 rings (SSSR count). The van der Waals surface area contributed by atoms with E-state index in [1.807, 2.05) is 6.07 Å². The minimum Gasteiger partial charge on any atom is -0.396 e. The molecular weight excluding hydrogens is 285 g/mol. The zero-order chi connectivity index (χ0) is 13.8. The molecule has 19 heavy (non-hydrogen) atoms. The van der Waals surface area contributed by atoms with Gasteiger partial charge < -0.3 is 5.73 Å². The van der Waals surface area contributed by atoms with Crippen molar-refractivity contribution in [2.45, 2.75) is 10.6 Å². The van der Waals surface area contributed by atoms with Crippen molar-refractivity contribution in [3.8, 4) is 0 Å². The van der Waals surface area contributed by atoms with Crippen LogP contribution in [0.15, 0.2) is 35.2 Å². The molecule has 1 amide bonds. The zero-order valence-corrected chi connectivity index (χ0v) is 11.5. The smallest absolute Gasteiger partial charge is 0.275 e. The molecule has 5 N–H and O–H groups in total. The van der Waals surface area contributed by atoms with Gasteiger partial charge in [0.1, 0.15) is 5.82 Å². The van der Waals surface area contributed by atoms with Crippen molar-refractivity contribution in [2.75, 3.05) is 5.73 Å². The predicted molar refractivity (Wildman–Crippen MR) is 76.3 cm³/mol. The molecule has 0 fully saturated rings. The van der Waals surface area contributed by atoms with E-state index in [1.165, 1.54) is 29.2 Å². The van der Waals surface area contributed by atoms with Crippen molar-refractivity contribution in [3.05, 3.63) is 45.9 Å². The normalized spacial score (nSPS) is 10.4. The van der Waals surface area contributed by atoms with Crippen LogP contribution >= 0.6 is 23.1 Å². The first-order valence-electron chi connectivity index (χ1n) is 5.37. The number of hydrogen-bond acceptors (Lipinski definition) is 5. The van der Waals surface area contributed by atoms with Gasteiger partial charge in [-0.15, -0.1) is 23.1 Å². The monoisotopic (exact) mass is 297 g/mol. The van der Waals surface area contributed by atoms with Crippen LogP contribution in [0.2, 0.25) is 0 Å². The molecule has 2 aromatic rings. The number of nitrogen functional groups attached to an aromatic ring is 2. The van der Waals surface area contributed by atoms with E-state index < -0.39 is 5.82 Å². The molecule has 0 aliphatic heterocycles. The van der Waals surface area contributed by atoms with E-state index in [9.17, 15) is 9.18 Å². The number of hydrazine groups is 1. The number of thiophene rings is 1. The molecule has 0 spiro atoms. The van der Waals surface area contributed by atoms with Crippen LogP contribution in [0.4, 0.5) is 10.1 Å². The molecule has 0 aliphatic rings. The van der Waals surface area contributed by atoms with Crippen molar-refractivity contribution in [1.82, 2.24) is 5.43 Å². The van der Waals surface area contributed by atoms with Gasteiger partial charge in [-0.1, -0.05) is 0 Å². The molecule has 0 saturated heterocycles. The molecule has 4 nitrogen and oxygen atoms in total. The number of anilines is 1. The van der Waals surface area contributed by atoms with Crippen LogP contribution in [0.1, 0.15) is 14.5 Å². The van der Waals surface area contributed by atoms with Gasteiger partial charge >= 0.3 is 0 Å².